The summed E-state index contributed by atoms with van der Waals surface area (Å²) in [5, 5.41) is 0. The lowest BCUT2D eigenvalue weighted by molar-refractivity contribution is -0.688. The van der Waals surface area contributed by atoms with Gasteiger partial charge >= 0.3 is 0 Å². The van der Waals surface area contributed by atoms with E-state index in [2.05, 4.69) is 109 Å². The average Bonchev–Trinajstić information content (AvgIpc) is 2.85. The third-order valence-corrected chi connectivity index (χ3v) is 6.16. The highest BCUT2D eigenvalue weighted by Gasteiger charge is 2.01. The van der Waals surface area contributed by atoms with Crippen molar-refractivity contribution in [1.29, 1.82) is 0 Å². The summed E-state index contributed by atoms with van der Waals surface area (Å²) >= 11 is 0. The maximum atomic E-state index is 10.4. The molecule has 1 aromatic heterocycles. The van der Waals surface area contributed by atoms with Crippen molar-refractivity contribution in [2.75, 3.05) is 19.0 Å². The highest BCUT2D eigenvalue weighted by atomic mass is 32.2. The largest absolute Gasteiger partial charge is 0.744 e. The summed E-state index contributed by atoms with van der Waals surface area (Å²) in [5.74, 6) is 0. The van der Waals surface area contributed by atoms with Crippen LogP contribution in [0.15, 0.2) is 108 Å². The Balaban J connectivity index is 0.000000261. The van der Waals surface area contributed by atoms with E-state index in [1.807, 2.05) is 13.0 Å². The molecule has 0 amide bonds. The zero-order valence-corrected chi connectivity index (χ0v) is 21.0. The van der Waals surface area contributed by atoms with E-state index in [4.69, 9.17) is 0 Å². The first-order chi connectivity index (χ1) is 16.7. The molecule has 0 spiro atoms. The average molecular weight is 487 g/mol. The van der Waals surface area contributed by atoms with Crippen LogP contribution >= 0.6 is 0 Å². The molecule has 0 unspecified atom stereocenters. The normalized spacial score (nSPS) is 11.1. The summed E-state index contributed by atoms with van der Waals surface area (Å²) in [6.45, 7) is 2.72. The van der Waals surface area contributed by atoms with Crippen LogP contribution in [0, 0.1) is 6.92 Å². The molecule has 4 rings (SSSR count). The monoisotopic (exact) mass is 486 g/mol. The van der Waals surface area contributed by atoms with Crippen LogP contribution < -0.4 is 9.47 Å². The quantitative estimate of drug-likeness (QED) is 0.279. The fraction of sp³-hybridized carbons (Fsp3) is 0.138. The molecular formula is C29H30N2O3S. The molecular weight excluding hydrogens is 456 g/mol. The highest BCUT2D eigenvalue weighted by molar-refractivity contribution is 7.85. The minimum atomic E-state index is -4.27. The van der Waals surface area contributed by atoms with Crippen molar-refractivity contribution in [3.05, 3.63) is 126 Å². The van der Waals surface area contributed by atoms with Gasteiger partial charge in [-0.1, -0.05) is 72.3 Å². The van der Waals surface area contributed by atoms with Gasteiger partial charge in [0.1, 0.15) is 10.1 Å². The van der Waals surface area contributed by atoms with Gasteiger partial charge < -0.3 is 9.45 Å². The van der Waals surface area contributed by atoms with Gasteiger partial charge in [-0.05, 0) is 42.3 Å². The smallest absolute Gasteiger partial charge is 0.173 e. The van der Waals surface area contributed by atoms with E-state index >= 15 is 0 Å². The van der Waals surface area contributed by atoms with Crippen LogP contribution in [-0.4, -0.2) is 27.1 Å². The summed E-state index contributed by atoms with van der Waals surface area (Å²) in [6, 6.07) is 29.1. The number of nitrogens with zero attached hydrogens (tertiary/aromatic N) is 2. The first-order valence-electron chi connectivity index (χ1n) is 11.2. The van der Waals surface area contributed by atoms with E-state index in [1.165, 1.54) is 34.5 Å². The SMILES string of the molecule is CN(C)c1ccc(C=Cc2cc[n+](Cc3ccccc3)cc2)cc1.Cc1ccc(S(=O)(=O)[O-])cc1. The molecule has 0 atom stereocenters. The number of hydrogen-bond acceptors (Lipinski definition) is 4. The predicted molar refractivity (Wildman–Crippen MR) is 141 cm³/mol. The van der Waals surface area contributed by atoms with Crippen LogP contribution in [0.2, 0.25) is 0 Å². The fourth-order valence-corrected chi connectivity index (χ4v) is 3.73. The van der Waals surface area contributed by atoms with Crippen LogP contribution in [0.5, 0.6) is 0 Å². The van der Waals surface area contributed by atoms with Gasteiger partial charge in [0.05, 0.1) is 4.90 Å². The Morgan fingerprint density at radius 1 is 0.771 bits per heavy atom. The topological polar surface area (TPSA) is 64.3 Å². The first kappa shape index (κ1) is 25.9. The van der Waals surface area contributed by atoms with Gasteiger partial charge in [-0.15, -0.1) is 0 Å². The third-order valence-electron chi connectivity index (χ3n) is 5.31. The second kappa shape index (κ2) is 12.1. The molecule has 1 heterocycles. The van der Waals surface area contributed by atoms with Gasteiger partial charge in [-0.2, -0.15) is 0 Å². The van der Waals surface area contributed by atoms with Gasteiger partial charge in [0.25, 0.3) is 0 Å². The maximum Gasteiger partial charge on any atom is 0.173 e. The molecule has 6 heteroatoms. The van der Waals surface area contributed by atoms with Crippen LogP contribution in [0.4, 0.5) is 5.69 Å². The van der Waals surface area contributed by atoms with Crippen LogP contribution in [0.25, 0.3) is 12.2 Å². The minimum Gasteiger partial charge on any atom is -0.744 e. The molecule has 35 heavy (non-hydrogen) atoms. The lowest BCUT2D eigenvalue weighted by Gasteiger charge is -2.11. The number of aromatic nitrogens is 1. The number of benzene rings is 3. The molecule has 0 radical (unpaired) electrons. The standard InChI is InChI=1S/C22H23N2.C7H8O3S/c1-23(2)22-12-10-19(11-13-22)8-9-20-14-16-24(17-15-20)18-21-6-4-3-5-7-21;1-6-2-4-7(5-3-6)11(8,9)10/h3-17H,18H2,1-2H3;2-5H,1H3,(H,8,9,10)/q+1;/p-1. The molecule has 0 bridgehead atoms. The Morgan fingerprint density at radius 3 is 1.83 bits per heavy atom. The van der Waals surface area contributed by atoms with Gasteiger partial charge in [0.2, 0.25) is 0 Å². The molecule has 3 aromatic carbocycles. The van der Waals surface area contributed by atoms with E-state index in [0.717, 1.165) is 12.1 Å². The Kier molecular flexibility index (Phi) is 8.95. The molecule has 4 aromatic rings. The van der Waals surface area contributed by atoms with Gasteiger partial charge in [0.15, 0.2) is 18.9 Å². The number of pyridine rings is 1. The summed E-state index contributed by atoms with van der Waals surface area (Å²) in [7, 11) is -0.159. The van der Waals surface area contributed by atoms with Crippen molar-refractivity contribution in [3.63, 3.8) is 0 Å². The Morgan fingerprint density at radius 2 is 1.31 bits per heavy atom. The third kappa shape index (κ3) is 8.52. The van der Waals surface area contributed by atoms with E-state index < -0.39 is 10.1 Å². The molecule has 0 aliphatic carbocycles. The summed E-state index contributed by atoms with van der Waals surface area (Å²) in [6.07, 6.45) is 8.55. The van der Waals surface area contributed by atoms with E-state index in [9.17, 15) is 13.0 Å². The molecule has 0 aliphatic heterocycles. The van der Waals surface area contributed by atoms with Gasteiger partial charge in [-0.25, -0.2) is 13.0 Å². The molecule has 5 nitrogen and oxygen atoms in total. The molecule has 0 N–H and O–H groups in total. The van der Waals surface area contributed by atoms with Crippen molar-refractivity contribution in [2.24, 2.45) is 0 Å². The highest BCUT2D eigenvalue weighted by Crippen LogP contribution is 2.14. The summed E-state index contributed by atoms with van der Waals surface area (Å²) in [4.78, 5) is 1.93. The second-order valence-corrected chi connectivity index (χ2v) is 9.76. The number of aryl methyl sites for hydroxylation is 1. The Hall–Kier alpha value is -3.74. The van der Waals surface area contributed by atoms with Crippen molar-refractivity contribution < 1.29 is 17.5 Å². The van der Waals surface area contributed by atoms with Crippen LogP contribution in [-0.2, 0) is 16.7 Å². The Bertz CT molecular complexity index is 1330. The van der Waals surface area contributed by atoms with Crippen molar-refractivity contribution in [1.82, 2.24) is 0 Å². The van der Waals surface area contributed by atoms with E-state index in [1.54, 1.807) is 12.1 Å². The number of anilines is 1. The van der Waals surface area contributed by atoms with Crippen LogP contribution in [0.3, 0.4) is 0 Å². The maximum absolute atomic E-state index is 10.4. The molecule has 0 fully saturated rings. The second-order valence-electron chi connectivity index (χ2n) is 8.38. The van der Waals surface area contributed by atoms with Crippen molar-refractivity contribution in [3.8, 4) is 0 Å². The number of hydrogen-bond donors (Lipinski definition) is 0. The lowest BCUT2D eigenvalue weighted by atomic mass is 10.1. The fourth-order valence-electron chi connectivity index (χ4n) is 3.26. The predicted octanol–water partition coefficient (Wildman–Crippen LogP) is 5.16. The minimum absolute atomic E-state index is 0.178. The number of rotatable bonds is 6. The summed E-state index contributed by atoms with van der Waals surface area (Å²) < 4.78 is 33.4. The lowest BCUT2D eigenvalue weighted by Crippen LogP contribution is -2.32. The molecule has 0 saturated heterocycles. The first-order valence-corrected chi connectivity index (χ1v) is 12.6. The van der Waals surface area contributed by atoms with Crippen LogP contribution in [0.1, 0.15) is 22.3 Å². The zero-order chi connectivity index (χ0) is 25.3. The van der Waals surface area contributed by atoms with Crippen molar-refractivity contribution in [2.45, 2.75) is 18.4 Å². The zero-order valence-electron chi connectivity index (χ0n) is 20.2. The van der Waals surface area contributed by atoms with E-state index in [0.29, 0.717) is 0 Å². The Labute approximate surface area is 208 Å². The molecule has 0 saturated carbocycles. The van der Waals surface area contributed by atoms with Crippen molar-refractivity contribution >= 4 is 28.0 Å². The summed E-state index contributed by atoms with van der Waals surface area (Å²) in [5.41, 5.74) is 5.87. The van der Waals surface area contributed by atoms with Gasteiger partial charge in [-0.3, -0.25) is 0 Å². The molecule has 0 aliphatic rings. The van der Waals surface area contributed by atoms with Gasteiger partial charge in [0, 0.05) is 37.5 Å². The molecule has 180 valence electrons. The van der Waals surface area contributed by atoms with E-state index in [-0.39, 0.29) is 4.90 Å².